The standard InChI is InChI=1S/C22H25.C12H8Si.2ClH.Zr/c1-4-9-17-12-13-19-14-20(16(3)5-2)15-21(19)22(17)18-10-7-6-8-11-18;1-3-7-11-9(5-1)10-6-2-4-8-12(10)13-11;;;/h6-8,10-16H,4-5,9H2,1-3H3;1-7,13H;2*1H;/q;;;;+2/p-2. The summed E-state index contributed by atoms with van der Waals surface area (Å²) in [5.41, 5.74) is 12.6. The third kappa shape index (κ3) is 4.02. The summed E-state index contributed by atoms with van der Waals surface area (Å²) in [5.74, 6) is -0.415. The quantitative estimate of drug-likeness (QED) is 0.274. The van der Waals surface area contributed by atoms with E-state index in [4.69, 9.17) is 0 Å². The Bertz CT molecular complexity index is 1530. The van der Waals surface area contributed by atoms with E-state index in [1.807, 2.05) is 8.46 Å². The average molecular weight is 632 g/mol. The Labute approximate surface area is 248 Å². The van der Waals surface area contributed by atoms with Crippen LogP contribution in [0, 0.1) is 5.92 Å². The van der Waals surface area contributed by atoms with Crippen molar-refractivity contribution in [1.29, 1.82) is 0 Å². The third-order valence-electron chi connectivity index (χ3n) is 8.97. The van der Waals surface area contributed by atoms with E-state index < -0.39 is 26.8 Å². The summed E-state index contributed by atoms with van der Waals surface area (Å²) >= 11 is -1.96. The van der Waals surface area contributed by atoms with Crippen LogP contribution in [0.15, 0.2) is 90.5 Å². The van der Waals surface area contributed by atoms with Crippen molar-refractivity contribution in [2.24, 2.45) is 5.92 Å². The molecule has 4 aromatic rings. The summed E-state index contributed by atoms with van der Waals surface area (Å²) in [7, 11) is 0. The van der Waals surface area contributed by atoms with Crippen molar-refractivity contribution in [1.82, 2.24) is 0 Å². The topological polar surface area (TPSA) is 0 Å². The van der Waals surface area contributed by atoms with Gasteiger partial charge in [-0.2, -0.15) is 0 Å². The molecule has 0 N–H and O–H groups in total. The summed E-state index contributed by atoms with van der Waals surface area (Å²) in [6.07, 6.45) is 6.25. The second-order valence-corrected chi connectivity index (χ2v) is 25.8. The van der Waals surface area contributed by atoms with E-state index in [2.05, 4.69) is 112 Å². The van der Waals surface area contributed by atoms with Crippen molar-refractivity contribution in [3.05, 3.63) is 107 Å². The first-order valence-corrected chi connectivity index (χ1v) is 22.4. The molecule has 3 atom stereocenters. The zero-order valence-electron chi connectivity index (χ0n) is 22.3. The first kappa shape index (κ1) is 27.9. The van der Waals surface area contributed by atoms with Gasteiger partial charge in [-0.25, -0.2) is 0 Å². The third-order valence-corrected chi connectivity index (χ3v) is 31.2. The van der Waals surface area contributed by atoms with E-state index in [9.17, 15) is 0 Å². The molecule has 2 heterocycles. The number of benzene rings is 4. The number of rotatable bonds is 6. The fourth-order valence-electron chi connectivity index (χ4n) is 7.19. The van der Waals surface area contributed by atoms with Crippen LogP contribution in [-0.2, 0) is 27.3 Å². The number of aryl methyl sites for hydroxylation is 1. The number of fused-ring (bicyclic) bond motifs is 4. The van der Waals surface area contributed by atoms with Crippen LogP contribution in [0.1, 0.15) is 53.9 Å². The van der Waals surface area contributed by atoms with Gasteiger partial charge in [-0.1, -0.05) is 0 Å². The second kappa shape index (κ2) is 11.1. The summed E-state index contributed by atoms with van der Waals surface area (Å²) in [4.78, 5) is 0. The molecule has 0 aromatic heterocycles. The van der Waals surface area contributed by atoms with Crippen molar-refractivity contribution in [2.45, 2.75) is 43.7 Å². The van der Waals surface area contributed by atoms with Gasteiger partial charge in [0, 0.05) is 0 Å². The number of halogens is 2. The first-order valence-electron chi connectivity index (χ1n) is 13.7. The molecule has 3 aliphatic rings. The van der Waals surface area contributed by atoms with Crippen molar-refractivity contribution < 1.29 is 45.7 Å². The molecule has 1 aliphatic carbocycles. The number of allylic oxidation sites excluding steroid dienone is 1. The van der Waals surface area contributed by atoms with Crippen molar-refractivity contribution in [3.63, 3.8) is 0 Å². The molecule has 0 spiro atoms. The summed E-state index contributed by atoms with van der Waals surface area (Å²) in [6, 6.07) is 33.0. The molecule has 0 fully saturated rings. The van der Waals surface area contributed by atoms with Crippen LogP contribution in [0.2, 0.25) is 0 Å². The van der Waals surface area contributed by atoms with Crippen LogP contribution in [0.4, 0.5) is 0 Å². The van der Waals surface area contributed by atoms with Gasteiger partial charge < -0.3 is 24.8 Å². The fraction of sp³-hybridized carbons (Fsp3) is 0.235. The van der Waals surface area contributed by atoms with Crippen molar-refractivity contribution in [2.75, 3.05) is 0 Å². The minimum atomic E-state index is -1.96. The van der Waals surface area contributed by atoms with Gasteiger partial charge in [0.05, 0.1) is 0 Å². The molecule has 0 saturated carbocycles. The summed E-state index contributed by atoms with van der Waals surface area (Å²) in [5, 5.41) is 3.60. The van der Waals surface area contributed by atoms with Crippen molar-refractivity contribution >= 4 is 25.6 Å². The monoisotopic (exact) mass is 629 g/mol. The van der Waals surface area contributed by atoms with Crippen LogP contribution >= 0.6 is 0 Å². The fourth-order valence-corrected chi connectivity index (χ4v) is 33.5. The minimum Gasteiger partial charge on any atom is -1.00 e. The maximum absolute atomic E-state index is 2.68. The molecular formula is C34H33Cl2SiZr. The Morgan fingerprint density at radius 2 is 1.55 bits per heavy atom. The molecule has 0 saturated heterocycles. The molecule has 191 valence electrons. The second-order valence-electron chi connectivity index (χ2n) is 10.8. The van der Waals surface area contributed by atoms with E-state index in [-0.39, 0.29) is 24.8 Å². The molecule has 0 bridgehead atoms. The average Bonchev–Trinajstić information content (AvgIpc) is 3.44. The molecule has 4 aromatic carbocycles. The molecule has 0 nitrogen and oxygen atoms in total. The zero-order chi connectivity index (χ0) is 24.4. The molecule has 38 heavy (non-hydrogen) atoms. The van der Waals surface area contributed by atoms with Crippen LogP contribution in [0.25, 0.3) is 28.3 Å². The maximum Gasteiger partial charge on any atom is -1.00 e. The molecule has 0 radical (unpaired) electrons. The van der Waals surface area contributed by atoms with Gasteiger partial charge in [0.15, 0.2) is 0 Å². The van der Waals surface area contributed by atoms with E-state index in [0.717, 1.165) is 6.42 Å². The van der Waals surface area contributed by atoms with E-state index in [1.54, 1.807) is 33.0 Å². The van der Waals surface area contributed by atoms with Crippen LogP contribution in [0.5, 0.6) is 0 Å². The zero-order valence-corrected chi connectivity index (χ0v) is 27.4. The largest absolute Gasteiger partial charge is 1.00 e. The van der Waals surface area contributed by atoms with Crippen LogP contribution < -0.4 is 38.5 Å². The van der Waals surface area contributed by atoms with Gasteiger partial charge in [0.1, 0.15) is 0 Å². The Balaban J connectivity index is 0.00000147. The Kier molecular flexibility index (Phi) is 8.10. The summed E-state index contributed by atoms with van der Waals surface area (Å²) in [6.45, 7) is 7.19. The van der Waals surface area contributed by atoms with Gasteiger partial charge in [-0.3, -0.25) is 0 Å². The molecule has 7 rings (SSSR count). The van der Waals surface area contributed by atoms with Crippen LogP contribution in [0.3, 0.4) is 0 Å². The van der Waals surface area contributed by atoms with Crippen LogP contribution in [-0.4, -0.2) is 5.92 Å². The Morgan fingerprint density at radius 1 is 0.816 bits per heavy atom. The van der Waals surface area contributed by atoms with Gasteiger partial charge in [-0.05, 0) is 0 Å². The van der Waals surface area contributed by atoms with Gasteiger partial charge in [-0.15, -0.1) is 0 Å². The van der Waals surface area contributed by atoms with E-state index in [1.165, 1.54) is 29.5 Å². The molecular weight excluding hydrogens is 599 g/mol. The Hall–Kier alpha value is -1.70. The molecule has 0 amide bonds. The number of hydrogen-bond donors (Lipinski definition) is 0. The maximum atomic E-state index is 2.68. The normalized spacial score (nSPS) is 18.3. The molecule has 3 unspecified atom stereocenters. The van der Waals surface area contributed by atoms with E-state index >= 15 is 0 Å². The molecule has 4 heteroatoms. The number of hydrogen-bond acceptors (Lipinski definition) is 0. The predicted octanol–water partition coefficient (Wildman–Crippen LogP) is 0.574. The van der Waals surface area contributed by atoms with Gasteiger partial charge >= 0.3 is 226 Å². The minimum absolute atomic E-state index is 0. The van der Waals surface area contributed by atoms with Gasteiger partial charge in [0.2, 0.25) is 0 Å². The molecule has 2 aliphatic heterocycles. The van der Waals surface area contributed by atoms with Crippen molar-refractivity contribution in [3.8, 4) is 22.3 Å². The smallest absolute Gasteiger partial charge is 1.00 e. The van der Waals surface area contributed by atoms with E-state index in [0.29, 0.717) is 9.54 Å². The first-order chi connectivity index (χ1) is 17.7. The Morgan fingerprint density at radius 3 is 2.32 bits per heavy atom. The van der Waals surface area contributed by atoms with Gasteiger partial charge in [0.25, 0.3) is 0 Å². The SMILES string of the molecule is CCCc1ccc2c(c1-c1ccccc1)C=C(C(C)CC)[CH]2[Zr+2]1[c]2cccc3c2[SiH]1c1ccccc1-3.[Cl-].[Cl-]. The summed E-state index contributed by atoms with van der Waals surface area (Å²) < 4.78 is 2.55. The predicted molar refractivity (Wildman–Crippen MR) is 154 cm³/mol.